The molecule has 2 aromatic carbocycles. The van der Waals surface area contributed by atoms with Crippen LogP contribution in [0.5, 0.6) is 0 Å². The standard InChI is InChI=1S/C18H12ClF2N5O/c19-14-5-4-12(7-15(14)21)18-24-16(8-22)26(25-18)10-17(27)23-9-11-2-1-3-13(20)6-11/h1-7H,9-10H2,(H,23,27). The van der Waals surface area contributed by atoms with Crippen molar-refractivity contribution < 1.29 is 13.6 Å². The first kappa shape index (κ1) is 18.5. The van der Waals surface area contributed by atoms with Gasteiger partial charge in [-0.1, -0.05) is 23.7 Å². The molecule has 0 saturated heterocycles. The minimum Gasteiger partial charge on any atom is -0.350 e. The van der Waals surface area contributed by atoms with Crippen molar-refractivity contribution in [3.05, 3.63) is 70.5 Å². The first-order valence-corrected chi connectivity index (χ1v) is 8.15. The van der Waals surface area contributed by atoms with Crippen LogP contribution in [-0.4, -0.2) is 20.7 Å². The summed E-state index contributed by atoms with van der Waals surface area (Å²) in [6, 6.07) is 11.7. The van der Waals surface area contributed by atoms with Crippen molar-refractivity contribution in [1.29, 1.82) is 5.26 Å². The Balaban J connectivity index is 1.72. The fraction of sp³-hybridized carbons (Fsp3) is 0.111. The van der Waals surface area contributed by atoms with E-state index in [4.69, 9.17) is 11.6 Å². The summed E-state index contributed by atoms with van der Waals surface area (Å²) in [5.74, 6) is -1.47. The molecule has 3 aromatic rings. The lowest BCUT2D eigenvalue weighted by Gasteiger charge is -2.06. The van der Waals surface area contributed by atoms with Gasteiger partial charge in [-0.25, -0.2) is 13.5 Å². The van der Waals surface area contributed by atoms with Crippen molar-refractivity contribution in [1.82, 2.24) is 20.1 Å². The molecule has 0 bridgehead atoms. The third-order valence-corrected chi connectivity index (χ3v) is 3.93. The van der Waals surface area contributed by atoms with Crippen LogP contribution in [-0.2, 0) is 17.9 Å². The highest BCUT2D eigenvalue weighted by Gasteiger charge is 2.15. The number of nitriles is 1. The molecule has 0 atom stereocenters. The molecule has 0 spiro atoms. The summed E-state index contributed by atoms with van der Waals surface area (Å²) in [7, 11) is 0. The molecule has 0 aliphatic rings. The van der Waals surface area contributed by atoms with Crippen molar-refractivity contribution in [2.24, 2.45) is 0 Å². The van der Waals surface area contributed by atoms with Crippen molar-refractivity contribution in [2.75, 3.05) is 0 Å². The van der Waals surface area contributed by atoms with Crippen molar-refractivity contribution >= 4 is 17.5 Å². The Labute approximate surface area is 158 Å². The topological polar surface area (TPSA) is 83.6 Å². The van der Waals surface area contributed by atoms with Crippen molar-refractivity contribution in [2.45, 2.75) is 13.1 Å². The van der Waals surface area contributed by atoms with Crippen LogP contribution in [0.2, 0.25) is 5.02 Å². The number of aromatic nitrogens is 3. The first-order valence-electron chi connectivity index (χ1n) is 7.78. The number of rotatable bonds is 5. The van der Waals surface area contributed by atoms with E-state index in [1.165, 1.54) is 24.3 Å². The van der Waals surface area contributed by atoms with Gasteiger partial charge in [-0.15, -0.1) is 5.10 Å². The minimum absolute atomic E-state index is 0.0459. The first-order chi connectivity index (χ1) is 13.0. The monoisotopic (exact) mass is 387 g/mol. The Morgan fingerprint density at radius 1 is 1.26 bits per heavy atom. The smallest absolute Gasteiger partial charge is 0.242 e. The highest BCUT2D eigenvalue weighted by Crippen LogP contribution is 2.22. The molecule has 3 rings (SSSR count). The van der Waals surface area contributed by atoms with Gasteiger partial charge in [0.1, 0.15) is 24.2 Å². The van der Waals surface area contributed by atoms with E-state index < -0.39 is 17.5 Å². The molecule has 0 aliphatic carbocycles. The molecule has 0 aliphatic heterocycles. The molecule has 1 heterocycles. The molecule has 9 heteroatoms. The van der Waals surface area contributed by atoms with Gasteiger partial charge >= 0.3 is 0 Å². The van der Waals surface area contributed by atoms with Crippen molar-refractivity contribution in [3.63, 3.8) is 0 Å². The van der Waals surface area contributed by atoms with E-state index >= 15 is 0 Å². The molecule has 0 radical (unpaired) electrons. The maximum absolute atomic E-state index is 13.6. The predicted molar refractivity (Wildman–Crippen MR) is 93.4 cm³/mol. The average molecular weight is 388 g/mol. The van der Waals surface area contributed by atoms with Crippen LogP contribution in [0.15, 0.2) is 42.5 Å². The van der Waals surface area contributed by atoms with Crippen LogP contribution in [0.1, 0.15) is 11.4 Å². The van der Waals surface area contributed by atoms with E-state index in [0.29, 0.717) is 11.1 Å². The summed E-state index contributed by atoms with van der Waals surface area (Å²) in [5.41, 5.74) is 0.923. The quantitative estimate of drug-likeness (QED) is 0.729. The number of carbonyl (C=O) groups is 1. The third kappa shape index (κ3) is 4.46. The van der Waals surface area contributed by atoms with Gasteiger partial charge in [-0.05, 0) is 35.9 Å². The number of nitrogens with zero attached hydrogens (tertiary/aromatic N) is 4. The molecule has 6 nitrogen and oxygen atoms in total. The van der Waals surface area contributed by atoms with Gasteiger partial charge in [0.2, 0.25) is 11.7 Å². The SMILES string of the molecule is N#Cc1nc(-c2ccc(Cl)c(F)c2)nn1CC(=O)NCc1cccc(F)c1. The van der Waals surface area contributed by atoms with Crippen LogP contribution in [0.3, 0.4) is 0 Å². The van der Waals surface area contributed by atoms with Crippen LogP contribution in [0.25, 0.3) is 11.4 Å². The molecule has 1 N–H and O–H groups in total. The molecule has 0 saturated carbocycles. The minimum atomic E-state index is -0.642. The second-order valence-electron chi connectivity index (χ2n) is 5.56. The number of benzene rings is 2. The second-order valence-corrected chi connectivity index (χ2v) is 5.97. The van der Waals surface area contributed by atoms with Crippen LogP contribution in [0.4, 0.5) is 8.78 Å². The van der Waals surface area contributed by atoms with Gasteiger partial charge < -0.3 is 5.32 Å². The zero-order valence-electron chi connectivity index (χ0n) is 13.8. The Hall–Kier alpha value is -3.31. The van der Waals surface area contributed by atoms with E-state index in [1.54, 1.807) is 12.1 Å². The van der Waals surface area contributed by atoms with Crippen LogP contribution < -0.4 is 5.32 Å². The highest BCUT2D eigenvalue weighted by atomic mass is 35.5. The molecular formula is C18H12ClF2N5O. The van der Waals surface area contributed by atoms with E-state index in [1.807, 2.05) is 6.07 Å². The van der Waals surface area contributed by atoms with Crippen LogP contribution >= 0.6 is 11.6 Å². The van der Waals surface area contributed by atoms with Crippen LogP contribution in [0, 0.1) is 23.0 Å². The molecule has 1 amide bonds. The molecule has 27 heavy (non-hydrogen) atoms. The molecule has 136 valence electrons. The maximum atomic E-state index is 13.6. The number of nitrogens with one attached hydrogen (secondary N) is 1. The number of hydrogen-bond donors (Lipinski definition) is 1. The third-order valence-electron chi connectivity index (χ3n) is 3.62. The summed E-state index contributed by atoms with van der Waals surface area (Å²) >= 11 is 5.65. The van der Waals surface area contributed by atoms with Gasteiger partial charge in [0, 0.05) is 12.1 Å². The largest absolute Gasteiger partial charge is 0.350 e. The van der Waals surface area contributed by atoms with Gasteiger partial charge in [-0.2, -0.15) is 10.2 Å². The van der Waals surface area contributed by atoms with Gasteiger partial charge in [0.15, 0.2) is 5.82 Å². The fourth-order valence-corrected chi connectivity index (χ4v) is 2.45. The van der Waals surface area contributed by atoms with Gasteiger partial charge in [0.05, 0.1) is 5.02 Å². The molecule has 0 fully saturated rings. The number of carbonyl (C=O) groups excluding carboxylic acids is 1. The fourth-order valence-electron chi connectivity index (χ4n) is 2.33. The zero-order valence-corrected chi connectivity index (χ0v) is 14.5. The average Bonchev–Trinajstić information content (AvgIpc) is 3.05. The Bertz CT molecular complexity index is 1040. The zero-order chi connectivity index (χ0) is 19.4. The summed E-state index contributed by atoms with van der Waals surface area (Å²) < 4.78 is 27.9. The summed E-state index contributed by atoms with van der Waals surface area (Å²) in [6.45, 7) is -0.135. The Morgan fingerprint density at radius 3 is 2.78 bits per heavy atom. The summed E-state index contributed by atoms with van der Waals surface area (Å²) in [6.07, 6.45) is 0. The van der Waals surface area contributed by atoms with Gasteiger partial charge in [-0.3, -0.25) is 4.79 Å². The number of amides is 1. The summed E-state index contributed by atoms with van der Waals surface area (Å²) in [5, 5.41) is 15.8. The summed E-state index contributed by atoms with van der Waals surface area (Å²) in [4.78, 5) is 16.1. The van der Waals surface area contributed by atoms with E-state index in [-0.39, 0.29) is 29.8 Å². The Morgan fingerprint density at radius 2 is 2.07 bits per heavy atom. The normalized spacial score (nSPS) is 10.4. The second kappa shape index (κ2) is 7.93. The van der Waals surface area contributed by atoms with E-state index in [0.717, 1.165) is 10.7 Å². The van der Waals surface area contributed by atoms with E-state index in [9.17, 15) is 18.8 Å². The van der Waals surface area contributed by atoms with Gasteiger partial charge in [0.25, 0.3) is 0 Å². The predicted octanol–water partition coefficient (Wildman–Crippen LogP) is 3.06. The maximum Gasteiger partial charge on any atom is 0.242 e. The molecule has 0 unspecified atom stereocenters. The van der Waals surface area contributed by atoms with E-state index in [2.05, 4.69) is 15.4 Å². The molecule has 1 aromatic heterocycles. The Kier molecular flexibility index (Phi) is 5.43. The number of hydrogen-bond acceptors (Lipinski definition) is 4. The molecular weight excluding hydrogens is 376 g/mol. The van der Waals surface area contributed by atoms with Crippen molar-refractivity contribution in [3.8, 4) is 17.5 Å². The highest BCUT2D eigenvalue weighted by molar-refractivity contribution is 6.30. The lowest BCUT2D eigenvalue weighted by Crippen LogP contribution is -2.28. The lowest BCUT2D eigenvalue weighted by molar-refractivity contribution is -0.122. The lowest BCUT2D eigenvalue weighted by atomic mass is 10.2. The number of halogens is 3.